The molecular weight excluding hydrogens is 536 g/mol. The number of Topliss-reactive ketones (excluding diaryl/α,β-unsaturated/α-hetero) is 1. The molecule has 0 unspecified atom stereocenters. The van der Waals surface area contributed by atoms with Crippen molar-refractivity contribution in [1.29, 1.82) is 5.26 Å². The van der Waals surface area contributed by atoms with Crippen molar-refractivity contribution in [2.75, 3.05) is 26.2 Å². The fraction of sp³-hybridized carbons (Fsp3) is 0.194. The third-order valence-electron chi connectivity index (χ3n) is 7.21. The highest BCUT2D eigenvalue weighted by molar-refractivity contribution is 6.09. The molecule has 11 nitrogen and oxygen atoms in total. The van der Waals surface area contributed by atoms with E-state index in [0.717, 1.165) is 16.3 Å². The summed E-state index contributed by atoms with van der Waals surface area (Å²) >= 11 is 0. The van der Waals surface area contributed by atoms with Crippen LogP contribution in [0.1, 0.15) is 26.3 Å². The van der Waals surface area contributed by atoms with Crippen molar-refractivity contribution in [3.8, 4) is 23.4 Å². The number of aromatic nitrogens is 3. The quantitative estimate of drug-likeness (QED) is 0.244. The molecule has 1 fully saturated rings. The number of carbonyl (C=O) groups excluding carboxylic acids is 2. The Balaban J connectivity index is 1.28. The molecule has 42 heavy (non-hydrogen) atoms. The Hall–Kier alpha value is -5.31. The largest absolute Gasteiger partial charge is 0.485 e. The standard InChI is InChI=1S/C31H26N6O5/c32-14-19-3-4-20-12-29(25(31(33)40)11-21(20)10-19)41-18-28(39)26-17-37(9-8-36-15-22(38)16-36)27-13-23(5-6-24(26)27)42-30-2-1-7-34-35-30/h1-7,10-13,17,22,38H,8-9,15-16,18H2,(H2,33,40). The summed E-state index contributed by atoms with van der Waals surface area (Å²) in [5.74, 6) is 0.0893. The Bertz CT molecular complexity index is 1860. The lowest BCUT2D eigenvalue weighted by Crippen LogP contribution is -2.51. The van der Waals surface area contributed by atoms with E-state index in [4.69, 9.17) is 15.2 Å². The van der Waals surface area contributed by atoms with E-state index in [1.807, 2.05) is 16.7 Å². The monoisotopic (exact) mass is 562 g/mol. The van der Waals surface area contributed by atoms with Gasteiger partial charge in [0.15, 0.2) is 6.61 Å². The fourth-order valence-corrected chi connectivity index (χ4v) is 5.06. The summed E-state index contributed by atoms with van der Waals surface area (Å²) in [4.78, 5) is 27.8. The van der Waals surface area contributed by atoms with Crippen LogP contribution in [0.25, 0.3) is 21.7 Å². The molecule has 0 aliphatic carbocycles. The van der Waals surface area contributed by atoms with Gasteiger partial charge in [-0.3, -0.25) is 14.5 Å². The van der Waals surface area contributed by atoms with E-state index in [9.17, 15) is 20.0 Å². The first-order chi connectivity index (χ1) is 20.4. The van der Waals surface area contributed by atoms with Crippen molar-refractivity contribution < 1.29 is 24.2 Å². The fourth-order valence-electron chi connectivity index (χ4n) is 5.06. The van der Waals surface area contributed by atoms with E-state index in [-0.39, 0.29) is 29.8 Å². The smallest absolute Gasteiger partial charge is 0.252 e. The van der Waals surface area contributed by atoms with Gasteiger partial charge in [-0.25, -0.2) is 0 Å². The summed E-state index contributed by atoms with van der Waals surface area (Å²) < 4.78 is 13.7. The molecule has 3 heterocycles. The number of ether oxygens (including phenoxy) is 2. The number of carbonyl (C=O) groups is 2. The first-order valence-electron chi connectivity index (χ1n) is 13.3. The molecule has 6 rings (SSSR count). The molecule has 1 aliphatic rings. The first-order valence-corrected chi connectivity index (χ1v) is 13.3. The number of rotatable bonds is 10. The number of primary amides is 1. The van der Waals surface area contributed by atoms with Crippen LogP contribution < -0.4 is 15.2 Å². The van der Waals surface area contributed by atoms with Gasteiger partial charge in [0.2, 0.25) is 11.7 Å². The molecule has 3 aromatic carbocycles. The summed E-state index contributed by atoms with van der Waals surface area (Å²) in [6, 6.07) is 19.2. The Kier molecular flexibility index (Phi) is 7.23. The minimum Gasteiger partial charge on any atom is -0.485 e. The average molecular weight is 563 g/mol. The number of ketones is 1. The molecule has 5 aromatic rings. The van der Waals surface area contributed by atoms with Gasteiger partial charge >= 0.3 is 0 Å². The molecule has 1 aliphatic heterocycles. The van der Waals surface area contributed by atoms with Crippen LogP contribution in [0.15, 0.2) is 73.1 Å². The van der Waals surface area contributed by atoms with E-state index in [2.05, 4.69) is 21.2 Å². The van der Waals surface area contributed by atoms with Gasteiger partial charge in [-0.2, -0.15) is 10.4 Å². The second-order valence-corrected chi connectivity index (χ2v) is 10.1. The number of β-amino-alcohol motifs (C(OH)–C–C–N with tert-alkyl or cyclic N) is 1. The zero-order chi connectivity index (χ0) is 29.2. The normalized spacial score (nSPS) is 13.5. The minimum atomic E-state index is -0.704. The number of nitrogens with two attached hydrogens (primary N) is 1. The number of hydrogen-bond donors (Lipinski definition) is 2. The van der Waals surface area contributed by atoms with E-state index < -0.39 is 5.91 Å². The van der Waals surface area contributed by atoms with E-state index >= 15 is 0 Å². The van der Waals surface area contributed by atoms with Crippen molar-refractivity contribution in [2.45, 2.75) is 12.6 Å². The van der Waals surface area contributed by atoms with Gasteiger partial charge in [0.1, 0.15) is 11.5 Å². The second-order valence-electron chi connectivity index (χ2n) is 10.1. The molecule has 0 atom stereocenters. The van der Waals surface area contributed by atoms with Crippen LogP contribution in [-0.2, 0) is 6.54 Å². The van der Waals surface area contributed by atoms with E-state index in [0.29, 0.717) is 54.3 Å². The minimum absolute atomic E-state index is 0.121. The number of aliphatic hydroxyl groups excluding tert-OH is 1. The number of hydrogen-bond acceptors (Lipinski definition) is 9. The predicted molar refractivity (Wildman–Crippen MR) is 153 cm³/mol. The lowest BCUT2D eigenvalue weighted by Gasteiger charge is -2.35. The second kappa shape index (κ2) is 11.3. The van der Waals surface area contributed by atoms with Crippen LogP contribution in [-0.4, -0.2) is 68.8 Å². The molecule has 3 N–H and O–H groups in total. The summed E-state index contributed by atoms with van der Waals surface area (Å²) in [5, 5.41) is 28.8. The van der Waals surface area contributed by atoms with Crippen molar-refractivity contribution >= 4 is 33.4 Å². The van der Waals surface area contributed by atoms with Crippen LogP contribution in [0, 0.1) is 11.3 Å². The molecule has 0 spiro atoms. The highest BCUT2D eigenvalue weighted by Crippen LogP contribution is 2.30. The van der Waals surface area contributed by atoms with Crippen LogP contribution in [0.5, 0.6) is 17.4 Å². The molecular formula is C31H26N6O5. The highest BCUT2D eigenvalue weighted by Gasteiger charge is 2.24. The SMILES string of the molecule is N#Cc1ccc2cc(OCC(=O)c3cn(CCN4CC(O)C4)c4cc(Oc5cccnn5)ccc34)c(C(N)=O)cc2c1. The van der Waals surface area contributed by atoms with Crippen molar-refractivity contribution in [3.05, 3.63) is 89.7 Å². The van der Waals surface area contributed by atoms with Gasteiger partial charge in [0.25, 0.3) is 5.91 Å². The molecule has 1 saturated heterocycles. The summed E-state index contributed by atoms with van der Waals surface area (Å²) in [7, 11) is 0. The lowest BCUT2D eigenvalue weighted by atomic mass is 10.0. The third kappa shape index (κ3) is 5.49. The molecule has 1 amide bonds. The van der Waals surface area contributed by atoms with Crippen LogP contribution in [0.2, 0.25) is 0 Å². The van der Waals surface area contributed by atoms with Crippen LogP contribution in [0.3, 0.4) is 0 Å². The number of aliphatic hydroxyl groups is 1. The summed E-state index contributed by atoms with van der Waals surface area (Å²) in [5.41, 5.74) is 7.43. The number of amides is 1. The Morgan fingerprint density at radius 1 is 1.05 bits per heavy atom. The molecule has 11 heteroatoms. The van der Waals surface area contributed by atoms with E-state index in [1.165, 1.54) is 0 Å². The van der Waals surface area contributed by atoms with Gasteiger partial charge in [-0.15, -0.1) is 5.10 Å². The number of benzene rings is 3. The van der Waals surface area contributed by atoms with Crippen LogP contribution in [0.4, 0.5) is 0 Å². The van der Waals surface area contributed by atoms with Crippen molar-refractivity contribution in [3.63, 3.8) is 0 Å². The molecule has 0 saturated carbocycles. The lowest BCUT2D eigenvalue weighted by molar-refractivity contribution is 0.000715. The van der Waals surface area contributed by atoms with Gasteiger partial charge in [0.05, 0.1) is 28.8 Å². The zero-order valence-corrected chi connectivity index (χ0v) is 22.4. The maximum absolute atomic E-state index is 13.5. The van der Waals surface area contributed by atoms with Crippen LogP contribution >= 0.6 is 0 Å². The zero-order valence-electron chi connectivity index (χ0n) is 22.4. The van der Waals surface area contributed by atoms with E-state index in [1.54, 1.807) is 60.9 Å². The molecule has 210 valence electrons. The topological polar surface area (TPSA) is 157 Å². The number of nitriles is 1. The van der Waals surface area contributed by atoms with Gasteiger partial charge in [-0.1, -0.05) is 6.07 Å². The van der Waals surface area contributed by atoms with Gasteiger partial charge in [-0.05, 0) is 53.2 Å². The molecule has 0 bridgehead atoms. The maximum atomic E-state index is 13.5. The Morgan fingerprint density at radius 2 is 1.90 bits per heavy atom. The van der Waals surface area contributed by atoms with Crippen molar-refractivity contribution in [1.82, 2.24) is 19.7 Å². The summed E-state index contributed by atoms with van der Waals surface area (Å²) in [6.07, 6.45) is 3.04. The number of likely N-dealkylation sites (tertiary alicyclic amines) is 1. The first kappa shape index (κ1) is 26.9. The van der Waals surface area contributed by atoms with Gasteiger partial charge < -0.3 is 24.9 Å². The maximum Gasteiger partial charge on any atom is 0.252 e. The molecule has 0 radical (unpaired) electrons. The van der Waals surface area contributed by atoms with Gasteiger partial charge in [0, 0.05) is 61.7 Å². The third-order valence-corrected chi connectivity index (χ3v) is 7.21. The average Bonchev–Trinajstić information content (AvgIpc) is 3.35. The predicted octanol–water partition coefficient (Wildman–Crippen LogP) is 3.29. The molecule has 2 aromatic heterocycles. The summed E-state index contributed by atoms with van der Waals surface area (Å²) in [6.45, 7) is 2.20. The number of fused-ring (bicyclic) bond motifs is 2. The number of nitrogens with zero attached hydrogens (tertiary/aromatic N) is 5. The Morgan fingerprint density at radius 3 is 2.64 bits per heavy atom. The van der Waals surface area contributed by atoms with Crippen molar-refractivity contribution in [2.24, 2.45) is 5.73 Å². The highest BCUT2D eigenvalue weighted by atomic mass is 16.5. The Labute approximate surface area is 240 Å².